The maximum absolute atomic E-state index is 12.2. The highest BCUT2D eigenvalue weighted by atomic mass is 35.5. The average molecular weight is 586 g/mol. The Morgan fingerprint density at radius 3 is 2.55 bits per heavy atom. The molecule has 210 valence electrons. The Labute approximate surface area is 241 Å². The van der Waals surface area contributed by atoms with Crippen molar-refractivity contribution in [2.45, 2.75) is 18.4 Å². The summed E-state index contributed by atoms with van der Waals surface area (Å²) in [5.74, 6) is -0.354. The highest BCUT2D eigenvalue weighted by Gasteiger charge is 2.45. The van der Waals surface area contributed by atoms with Gasteiger partial charge in [-0.2, -0.15) is 9.77 Å². The van der Waals surface area contributed by atoms with E-state index in [-0.39, 0.29) is 11.8 Å². The zero-order valence-corrected chi connectivity index (χ0v) is 23.4. The van der Waals surface area contributed by atoms with Crippen LogP contribution in [0.1, 0.15) is 5.56 Å². The van der Waals surface area contributed by atoms with Gasteiger partial charge in [-0.25, -0.2) is 14.5 Å². The number of anilines is 1. The highest BCUT2D eigenvalue weighted by Crippen LogP contribution is 2.40. The largest absolute Gasteiger partial charge is 0.491 e. The lowest BCUT2D eigenvalue weighted by Gasteiger charge is -2.36. The van der Waals surface area contributed by atoms with Crippen molar-refractivity contribution in [3.05, 3.63) is 93.6 Å². The minimum atomic E-state index is -1.09. The van der Waals surface area contributed by atoms with Crippen LogP contribution in [0.3, 0.4) is 0 Å². The standard InChI is InChI=1S/C27H29Cl2N7O4/c1-32-26(37)36(19-31-32)35-12-10-34(11-13-35)21-3-5-22(6-4-21)38-15-23-16-39-27(40-23,17-33-9-8-30-18-33)24-7-2-20(28)14-25(24)29/h2-9,14,18-19,23H,10-13,15-17H2,1H3/t23-,27-/m1/s1. The molecule has 0 saturated carbocycles. The van der Waals surface area contributed by atoms with Crippen molar-refractivity contribution in [2.24, 2.45) is 7.05 Å². The van der Waals surface area contributed by atoms with Crippen LogP contribution < -0.4 is 20.3 Å². The molecule has 0 radical (unpaired) electrons. The minimum absolute atomic E-state index is 0.137. The molecule has 2 aliphatic heterocycles. The third-order valence-corrected chi connectivity index (χ3v) is 7.70. The van der Waals surface area contributed by atoms with Crippen molar-refractivity contribution in [1.82, 2.24) is 24.0 Å². The lowest BCUT2D eigenvalue weighted by atomic mass is 10.1. The molecule has 2 saturated heterocycles. The second-order valence-corrected chi connectivity index (χ2v) is 10.6. The fraction of sp³-hybridized carbons (Fsp3) is 0.370. The Morgan fingerprint density at radius 2 is 1.88 bits per heavy atom. The number of ether oxygens (including phenoxy) is 3. The number of benzene rings is 2. The zero-order valence-electron chi connectivity index (χ0n) is 21.9. The average Bonchev–Trinajstić information content (AvgIpc) is 3.70. The van der Waals surface area contributed by atoms with Crippen LogP contribution in [0.2, 0.25) is 10.0 Å². The van der Waals surface area contributed by atoms with Crippen LogP contribution in [0.4, 0.5) is 5.69 Å². The molecule has 2 atom stereocenters. The quantitative estimate of drug-likeness (QED) is 0.312. The maximum atomic E-state index is 12.2. The minimum Gasteiger partial charge on any atom is -0.491 e. The molecule has 0 N–H and O–H groups in total. The van der Waals surface area contributed by atoms with Gasteiger partial charge in [0.2, 0.25) is 5.79 Å². The predicted molar refractivity (Wildman–Crippen MR) is 151 cm³/mol. The number of aryl methyl sites for hydroxylation is 1. The Kier molecular flexibility index (Phi) is 7.45. The van der Waals surface area contributed by atoms with Crippen LogP contribution in [0, 0.1) is 0 Å². The van der Waals surface area contributed by atoms with E-state index in [2.05, 4.69) is 15.0 Å². The molecule has 6 rings (SSSR count). The monoisotopic (exact) mass is 585 g/mol. The first-order valence-electron chi connectivity index (χ1n) is 13.0. The van der Waals surface area contributed by atoms with Gasteiger partial charge in [-0.3, -0.25) is 0 Å². The lowest BCUT2D eigenvalue weighted by Crippen LogP contribution is -2.54. The van der Waals surface area contributed by atoms with Gasteiger partial charge < -0.3 is 28.7 Å². The van der Waals surface area contributed by atoms with E-state index in [4.69, 9.17) is 37.4 Å². The fourth-order valence-corrected chi connectivity index (χ4v) is 5.61. The van der Waals surface area contributed by atoms with Crippen LogP contribution >= 0.6 is 23.2 Å². The van der Waals surface area contributed by atoms with Gasteiger partial charge >= 0.3 is 5.69 Å². The van der Waals surface area contributed by atoms with E-state index in [1.54, 1.807) is 42.7 Å². The first-order chi connectivity index (χ1) is 19.4. The number of halogens is 2. The molecule has 0 amide bonds. The third-order valence-electron chi connectivity index (χ3n) is 7.16. The number of rotatable bonds is 8. The van der Waals surface area contributed by atoms with E-state index >= 15 is 0 Å². The van der Waals surface area contributed by atoms with Gasteiger partial charge in [0.1, 0.15) is 24.8 Å². The van der Waals surface area contributed by atoms with Gasteiger partial charge in [-0.15, -0.1) is 0 Å². The van der Waals surface area contributed by atoms with Crippen LogP contribution in [0.15, 0.2) is 72.3 Å². The number of imidazole rings is 1. The topological polar surface area (TPSA) is 91.8 Å². The lowest BCUT2D eigenvalue weighted by molar-refractivity contribution is -0.189. The van der Waals surface area contributed by atoms with Crippen molar-refractivity contribution in [3.63, 3.8) is 0 Å². The molecule has 2 aromatic carbocycles. The second kappa shape index (κ2) is 11.2. The number of piperazine rings is 1. The second-order valence-electron chi connectivity index (χ2n) is 9.79. The summed E-state index contributed by atoms with van der Waals surface area (Å²) in [7, 11) is 1.65. The molecule has 0 unspecified atom stereocenters. The van der Waals surface area contributed by atoms with Crippen LogP contribution in [0.25, 0.3) is 0 Å². The Bertz CT molecular complexity index is 1500. The van der Waals surface area contributed by atoms with E-state index in [9.17, 15) is 4.79 Å². The molecular formula is C27H29Cl2N7O4. The molecule has 2 fully saturated rings. The van der Waals surface area contributed by atoms with Gasteiger partial charge in [0.15, 0.2) is 0 Å². The summed E-state index contributed by atoms with van der Waals surface area (Å²) in [6.07, 6.45) is 6.52. The number of aromatic nitrogens is 5. The SMILES string of the molecule is Cn1ncn(N2CCN(c3ccc(OC[C@@H]4CO[C@@](Cn5ccnc5)(c5ccc(Cl)cc5Cl)O4)cc3)CC2)c1=O. The Balaban J connectivity index is 1.06. The fourth-order valence-electron chi connectivity index (χ4n) is 5.05. The molecule has 0 spiro atoms. The third kappa shape index (κ3) is 5.42. The Morgan fingerprint density at radius 1 is 1.07 bits per heavy atom. The van der Waals surface area contributed by atoms with Gasteiger partial charge in [-0.05, 0) is 36.4 Å². The smallest absolute Gasteiger partial charge is 0.364 e. The predicted octanol–water partition coefficient (Wildman–Crippen LogP) is 2.89. The highest BCUT2D eigenvalue weighted by molar-refractivity contribution is 6.35. The molecule has 2 aromatic heterocycles. The summed E-state index contributed by atoms with van der Waals surface area (Å²) >= 11 is 12.7. The van der Waals surface area contributed by atoms with Gasteiger partial charge in [0, 0.05) is 48.8 Å². The molecule has 13 heteroatoms. The molecule has 4 aromatic rings. The van der Waals surface area contributed by atoms with Crippen LogP contribution in [-0.4, -0.2) is 69.5 Å². The summed E-state index contributed by atoms with van der Waals surface area (Å²) < 4.78 is 23.6. The zero-order chi connectivity index (χ0) is 27.7. The van der Waals surface area contributed by atoms with Crippen molar-refractivity contribution in [2.75, 3.05) is 49.3 Å². The van der Waals surface area contributed by atoms with E-state index < -0.39 is 5.79 Å². The molecular weight excluding hydrogens is 557 g/mol. The van der Waals surface area contributed by atoms with Crippen molar-refractivity contribution >= 4 is 28.9 Å². The van der Waals surface area contributed by atoms with Gasteiger partial charge in [0.25, 0.3) is 0 Å². The number of hydrogen-bond donors (Lipinski definition) is 0. The summed E-state index contributed by atoms with van der Waals surface area (Å²) in [5.41, 5.74) is 1.66. The van der Waals surface area contributed by atoms with E-state index in [1.807, 2.05) is 46.1 Å². The van der Waals surface area contributed by atoms with E-state index in [1.165, 1.54) is 4.68 Å². The summed E-state index contributed by atoms with van der Waals surface area (Å²) in [6.45, 7) is 4.07. The van der Waals surface area contributed by atoms with Gasteiger partial charge in [-0.1, -0.05) is 29.3 Å². The first kappa shape index (κ1) is 26.7. The maximum Gasteiger partial charge on any atom is 0.364 e. The van der Waals surface area contributed by atoms with Crippen molar-refractivity contribution < 1.29 is 14.2 Å². The van der Waals surface area contributed by atoms with Crippen molar-refractivity contribution in [1.29, 1.82) is 0 Å². The normalized spacial score (nSPS) is 21.2. The number of nitrogens with zero attached hydrogens (tertiary/aromatic N) is 7. The van der Waals surface area contributed by atoms with Crippen molar-refractivity contribution in [3.8, 4) is 5.75 Å². The van der Waals surface area contributed by atoms with Gasteiger partial charge in [0.05, 0.1) is 37.6 Å². The number of hydrogen-bond acceptors (Lipinski definition) is 8. The molecule has 2 aliphatic rings. The molecule has 11 nitrogen and oxygen atoms in total. The van der Waals surface area contributed by atoms with E-state index in [0.717, 1.165) is 37.6 Å². The summed E-state index contributed by atoms with van der Waals surface area (Å²) in [5, 5.41) is 7.06. The summed E-state index contributed by atoms with van der Waals surface area (Å²) in [4.78, 5) is 18.6. The van der Waals surface area contributed by atoms with E-state index in [0.29, 0.717) is 35.4 Å². The Hall–Kier alpha value is -3.51. The van der Waals surface area contributed by atoms with Crippen LogP contribution in [-0.2, 0) is 28.9 Å². The molecule has 0 aliphatic carbocycles. The summed E-state index contributed by atoms with van der Waals surface area (Å²) in [6, 6.07) is 13.3. The molecule has 4 heterocycles. The molecule has 0 bridgehead atoms. The molecule has 40 heavy (non-hydrogen) atoms. The van der Waals surface area contributed by atoms with Crippen LogP contribution in [0.5, 0.6) is 5.75 Å². The first-order valence-corrected chi connectivity index (χ1v) is 13.7.